The highest BCUT2D eigenvalue weighted by Crippen LogP contribution is 2.47. The van der Waals surface area contributed by atoms with Crippen molar-refractivity contribution in [3.8, 4) is 0 Å². The van der Waals surface area contributed by atoms with Gasteiger partial charge in [-0.1, -0.05) is 62.3 Å². The van der Waals surface area contributed by atoms with Gasteiger partial charge in [0.2, 0.25) is 0 Å². The van der Waals surface area contributed by atoms with Crippen LogP contribution in [-0.4, -0.2) is 23.4 Å². The summed E-state index contributed by atoms with van der Waals surface area (Å²) in [5.74, 6) is 0.205. The molecule has 2 nitrogen and oxygen atoms in total. The molecule has 1 N–H and O–H groups in total. The lowest BCUT2D eigenvalue weighted by atomic mass is 9.69. The van der Waals surface area contributed by atoms with Crippen LogP contribution in [0.1, 0.15) is 68.7 Å². The van der Waals surface area contributed by atoms with E-state index in [2.05, 4.69) is 62.3 Å². The predicted octanol–water partition coefficient (Wildman–Crippen LogP) is 4.26. The fourth-order valence-electron chi connectivity index (χ4n) is 3.33. The maximum Gasteiger partial charge on any atom is 0.0889 e. The Morgan fingerprint density at radius 1 is 0.842 bits per heavy atom. The van der Waals surface area contributed by atoms with E-state index >= 15 is 0 Å². The molecule has 1 aliphatic heterocycles. The van der Waals surface area contributed by atoms with Crippen LogP contribution >= 0.6 is 0 Å². The summed E-state index contributed by atoms with van der Waals surface area (Å²) in [6, 6.07) is 0. The zero-order valence-electron chi connectivity index (χ0n) is 14.4. The highest BCUT2D eigenvalue weighted by Gasteiger charge is 2.52. The van der Waals surface area contributed by atoms with Gasteiger partial charge in [-0.15, -0.1) is 0 Å². The molecule has 0 aliphatic carbocycles. The average molecular weight is 270 g/mol. The van der Waals surface area contributed by atoms with E-state index in [1.165, 1.54) is 0 Å². The van der Waals surface area contributed by atoms with Crippen LogP contribution in [0.5, 0.6) is 0 Å². The largest absolute Gasteiger partial charge is 0.390 e. The molecule has 1 saturated heterocycles. The summed E-state index contributed by atoms with van der Waals surface area (Å²) in [6.45, 7) is 19.8. The normalized spacial score (nSPS) is 33.8. The van der Waals surface area contributed by atoms with Crippen molar-refractivity contribution in [3.63, 3.8) is 0 Å². The van der Waals surface area contributed by atoms with Crippen molar-refractivity contribution in [1.82, 2.24) is 0 Å². The maximum atomic E-state index is 10.8. The summed E-state index contributed by atoms with van der Waals surface area (Å²) < 4.78 is 6.30. The number of rotatable bonds is 1. The Morgan fingerprint density at radius 2 is 1.32 bits per heavy atom. The van der Waals surface area contributed by atoms with Gasteiger partial charge in [0.1, 0.15) is 0 Å². The van der Waals surface area contributed by atoms with Gasteiger partial charge in [-0.3, -0.25) is 0 Å². The van der Waals surface area contributed by atoms with Gasteiger partial charge in [-0.2, -0.15) is 0 Å². The van der Waals surface area contributed by atoms with Crippen LogP contribution in [0.25, 0.3) is 0 Å². The second-order valence-electron chi connectivity index (χ2n) is 9.61. The van der Waals surface area contributed by atoms with E-state index in [1.54, 1.807) is 0 Å². The molecule has 1 unspecified atom stereocenters. The fraction of sp³-hybridized carbons (Fsp3) is 1.00. The van der Waals surface area contributed by atoms with Crippen molar-refractivity contribution in [2.24, 2.45) is 22.2 Å². The van der Waals surface area contributed by atoms with Crippen LogP contribution in [0.4, 0.5) is 0 Å². The van der Waals surface area contributed by atoms with E-state index < -0.39 is 0 Å². The standard InChI is InChI=1S/C17H34O2/c1-15(2,3)10-11-12(16(4,5)6)13(18)14(19-11)17(7,8)9/h11-14,18H,10H2,1-9H3/t11-,12?,13+,14-/m1/s1. The SMILES string of the molecule is CC(C)(C)C[C@H]1O[C@@H](C(C)(C)C)[C@@H](O)C1C(C)(C)C. The number of aliphatic hydroxyl groups is 1. The Kier molecular flexibility index (Phi) is 4.50. The highest BCUT2D eigenvalue weighted by molar-refractivity contribution is 5.00. The van der Waals surface area contributed by atoms with Crippen molar-refractivity contribution >= 4 is 0 Å². The lowest BCUT2D eigenvalue weighted by Crippen LogP contribution is -2.41. The molecule has 0 saturated carbocycles. The monoisotopic (exact) mass is 270 g/mol. The summed E-state index contributed by atoms with van der Waals surface area (Å²) >= 11 is 0. The van der Waals surface area contributed by atoms with Crippen LogP contribution in [0, 0.1) is 22.2 Å². The molecule has 1 rings (SSSR count). The van der Waals surface area contributed by atoms with Gasteiger partial charge in [0.25, 0.3) is 0 Å². The molecule has 0 radical (unpaired) electrons. The summed E-state index contributed by atoms with van der Waals surface area (Å²) in [5, 5.41) is 10.8. The summed E-state index contributed by atoms with van der Waals surface area (Å²) in [6.07, 6.45) is 0.717. The molecule has 1 fully saturated rings. The van der Waals surface area contributed by atoms with Gasteiger partial charge in [0, 0.05) is 5.92 Å². The first kappa shape index (κ1) is 17.0. The Morgan fingerprint density at radius 3 is 1.63 bits per heavy atom. The molecular formula is C17H34O2. The van der Waals surface area contributed by atoms with Gasteiger partial charge in [0.15, 0.2) is 0 Å². The van der Waals surface area contributed by atoms with Crippen molar-refractivity contribution in [1.29, 1.82) is 0 Å². The van der Waals surface area contributed by atoms with Gasteiger partial charge in [-0.25, -0.2) is 0 Å². The zero-order valence-corrected chi connectivity index (χ0v) is 14.4. The number of aliphatic hydroxyl groups excluding tert-OH is 1. The molecule has 1 aliphatic rings. The van der Waals surface area contributed by atoms with E-state index in [9.17, 15) is 5.11 Å². The molecule has 1 heterocycles. The van der Waals surface area contributed by atoms with Crippen molar-refractivity contribution in [2.75, 3.05) is 0 Å². The molecule has 4 atom stereocenters. The van der Waals surface area contributed by atoms with Gasteiger partial charge in [-0.05, 0) is 22.7 Å². The van der Waals surface area contributed by atoms with Gasteiger partial charge < -0.3 is 9.84 Å². The molecule has 2 heteroatoms. The molecule has 0 amide bonds. The third-order valence-electron chi connectivity index (χ3n) is 4.07. The quantitative estimate of drug-likeness (QED) is 0.771. The predicted molar refractivity (Wildman–Crippen MR) is 81.1 cm³/mol. The Bertz CT molecular complexity index is 301. The first-order valence-electron chi connectivity index (χ1n) is 7.57. The van der Waals surface area contributed by atoms with Crippen LogP contribution in [0.2, 0.25) is 0 Å². The first-order valence-corrected chi connectivity index (χ1v) is 7.57. The minimum atomic E-state index is -0.368. The third kappa shape index (κ3) is 4.19. The van der Waals surface area contributed by atoms with E-state index in [0.29, 0.717) is 0 Å². The molecular weight excluding hydrogens is 236 g/mol. The van der Waals surface area contributed by atoms with Gasteiger partial charge in [0.05, 0.1) is 18.3 Å². The Hall–Kier alpha value is -0.0800. The molecule has 0 bridgehead atoms. The van der Waals surface area contributed by atoms with E-state index in [4.69, 9.17) is 4.74 Å². The van der Waals surface area contributed by atoms with Crippen LogP contribution < -0.4 is 0 Å². The Balaban J connectivity index is 3.02. The Labute approximate surface area is 119 Å². The van der Waals surface area contributed by atoms with Gasteiger partial charge >= 0.3 is 0 Å². The number of hydrogen-bond acceptors (Lipinski definition) is 2. The smallest absolute Gasteiger partial charge is 0.0889 e. The average Bonchev–Trinajstić information content (AvgIpc) is 2.36. The van der Waals surface area contributed by atoms with Crippen molar-refractivity contribution in [3.05, 3.63) is 0 Å². The fourth-order valence-corrected chi connectivity index (χ4v) is 3.33. The minimum Gasteiger partial charge on any atom is -0.390 e. The van der Waals surface area contributed by atoms with E-state index in [-0.39, 0.29) is 40.5 Å². The van der Waals surface area contributed by atoms with Crippen LogP contribution in [0.15, 0.2) is 0 Å². The molecule has 114 valence electrons. The van der Waals surface area contributed by atoms with Crippen molar-refractivity contribution < 1.29 is 9.84 Å². The second-order valence-corrected chi connectivity index (χ2v) is 9.61. The topological polar surface area (TPSA) is 29.5 Å². The van der Waals surface area contributed by atoms with Crippen LogP contribution in [0.3, 0.4) is 0 Å². The summed E-state index contributed by atoms with van der Waals surface area (Å²) in [7, 11) is 0. The summed E-state index contributed by atoms with van der Waals surface area (Å²) in [5.41, 5.74) is 0.269. The lowest BCUT2D eigenvalue weighted by Gasteiger charge is -2.36. The molecule has 0 spiro atoms. The first-order chi connectivity index (χ1) is 8.23. The molecule has 0 aromatic carbocycles. The minimum absolute atomic E-state index is 0.0183. The zero-order chi connectivity index (χ0) is 15.2. The highest BCUT2D eigenvalue weighted by atomic mass is 16.5. The lowest BCUT2D eigenvalue weighted by molar-refractivity contribution is -0.0597. The molecule has 19 heavy (non-hydrogen) atoms. The number of hydrogen-bond donors (Lipinski definition) is 1. The number of ether oxygens (including phenoxy) is 1. The summed E-state index contributed by atoms with van der Waals surface area (Å²) in [4.78, 5) is 0. The molecule has 0 aromatic heterocycles. The molecule has 0 aromatic rings. The van der Waals surface area contributed by atoms with E-state index in [0.717, 1.165) is 6.42 Å². The second kappa shape index (κ2) is 5.04. The van der Waals surface area contributed by atoms with Crippen molar-refractivity contribution in [2.45, 2.75) is 87.0 Å². The third-order valence-corrected chi connectivity index (χ3v) is 4.07. The maximum absolute atomic E-state index is 10.8. The van der Waals surface area contributed by atoms with E-state index in [1.807, 2.05) is 0 Å². The van der Waals surface area contributed by atoms with Crippen LogP contribution in [-0.2, 0) is 4.74 Å².